The molecule has 0 spiro atoms. The van der Waals surface area contributed by atoms with E-state index in [1.165, 1.54) is 19.3 Å². The van der Waals surface area contributed by atoms with Crippen molar-refractivity contribution in [3.05, 3.63) is 0 Å². The number of alkyl halides is 1. The first-order chi connectivity index (χ1) is 9.66. The molecule has 2 fully saturated rings. The smallest absolute Gasteiger partial charge is 0.195 e. The highest BCUT2D eigenvalue weighted by atomic mass is 79.9. The van der Waals surface area contributed by atoms with Crippen molar-refractivity contribution in [3.63, 3.8) is 0 Å². The molecular weight excluding hydrogens is 340 g/mol. The fraction of sp³-hybridized carbons (Fsp3) is 1.00. The molecule has 1 aliphatic carbocycles. The summed E-state index contributed by atoms with van der Waals surface area (Å²) in [6, 6.07) is 0.217. The molecule has 0 atom stereocenters. The predicted octanol–water partition coefficient (Wildman–Crippen LogP) is 3.14. The highest BCUT2D eigenvalue weighted by Crippen LogP contribution is 2.27. The minimum absolute atomic E-state index is 0.217. The first-order valence-electron chi connectivity index (χ1n) is 7.99. The van der Waals surface area contributed by atoms with Gasteiger partial charge in [-0.2, -0.15) is 17.0 Å². The zero-order valence-electron chi connectivity index (χ0n) is 12.3. The molecule has 1 aliphatic heterocycles. The number of nitrogens with zero attached hydrogens (tertiary/aromatic N) is 2. The Morgan fingerprint density at radius 2 is 1.50 bits per heavy atom. The van der Waals surface area contributed by atoms with Crippen LogP contribution in [0.3, 0.4) is 0 Å². The van der Waals surface area contributed by atoms with Crippen molar-refractivity contribution in [1.29, 1.82) is 0 Å². The molecule has 4 nitrogen and oxygen atoms in total. The zero-order valence-corrected chi connectivity index (χ0v) is 14.7. The molecule has 20 heavy (non-hydrogen) atoms. The molecule has 0 bridgehead atoms. The van der Waals surface area contributed by atoms with Gasteiger partial charge in [-0.3, -0.25) is 0 Å². The third kappa shape index (κ3) is 4.18. The van der Waals surface area contributed by atoms with Crippen molar-refractivity contribution in [3.8, 4) is 0 Å². The van der Waals surface area contributed by atoms with Crippen LogP contribution < -0.4 is 0 Å². The standard InChI is InChI=1S/C14H27BrN2O2S/c15-10-13-17(14-8-4-3-5-9-14)20(18,19)16-11-6-1-2-7-12-16/h14H,1-13H2. The maximum Gasteiger partial charge on any atom is 0.282 e. The first kappa shape index (κ1) is 16.7. The molecule has 0 radical (unpaired) electrons. The fourth-order valence-corrected chi connectivity index (χ4v) is 5.90. The summed E-state index contributed by atoms with van der Waals surface area (Å²) in [5.41, 5.74) is 0. The minimum atomic E-state index is -3.27. The molecule has 0 aromatic rings. The van der Waals surface area contributed by atoms with E-state index < -0.39 is 10.2 Å². The summed E-state index contributed by atoms with van der Waals surface area (Å²) < 4.78 is 29.4. The Kier molecular flexibility index (Phi) is 6.78. The van der Waals surface area contributed by atoms with Gasteiger partial charge in [0.2, 0.25) is 0 Å². The zero-order chi connectivity index (χ0) is 14.4. The van der Waals surface area contributed by atoms with Crippen molar-refractivity contribution in [2.24, 2.45) is 0 Å². The Morgan fingerprint density at radius 1 is 0.950 bits per heavy atom. The van der Waals surface area contributed by atoms with E-state index in [0.29, 0.717) is 19.6 Å². The Bertz CT molecular complexity index is 375. The molecular formula is C14H27BrN2O2S. The van der Waals surface area contributed by atoms with E-state index in [1.54, 1.807) is 8.61 Å². The predicted molar refractivity (Wildman–Crippen MR) is 86.3 cm³/mol. The Balaban J connectivity index is 2.12. The molecule has 0 aromatic heterocycles. The topological polar surface area (TPSA) is 40.6 Å². The average molecular weight is 367 g/mol. The Hall–Kier alpha value is 0.350. The van der Waals surface area contributed by atoms with Gasteiger partial charge >= 0.3 is 0 Å². The summed E-state index contributed by atoms with van der Waals surface area (Å²) in [6.07, 6.45) is 9.97. The number of halogens is 1. The van der Waals surface area contributed by atoms with Crippen LogP contribution in [-0.2, 0) is 10.2 Å². The van der Waals surface area contributed by atoms with Gasteiger partial charge in [0.05, 0.1) is 0 Å². The summed E-state index contributed by atoms with van der Waals surface area (Å²) in [7, 11) is -3.27. The lowest BCUT2D eigenvalue weighted by Crippen LogP contribution is -2.50. The highest BCUT2D eigenvalue weighted by molar-refractivity contribution is 9.09. The molecule has 1 saturated heterocycles. The number of rotatable bonds is 5. The summed E-state index contributed by atoms with van der Waals surface area (Å²) >= 11 is 3.42. The average Bonchev–Trinajstić information content (AvgIpc) is 2.75. The fourth-order valence-electron chi connectivity index (χ4n) is 3.36. The van der Waals surface area contributed by atoms with Crippen LogP contribution in [0.5, 0.6) is 0 Å². The molecule has 0 amide bonds. The van der Waals surface area contributed by atoms with E-state index >= 15 is 0 Å². The molecule has 6 heteroatoms. The second kappa shape index (κ2) is 8.11. The second-order valence-electron chi connectivity index (χ2n) is 5.91. The largest absolute Gasteiger partial charge is 0.282 e. The van der Waals surface area contributed by atoms with Crippen molar-refractivity contribution >= 4 is 26.1 Å². The lowest BCUT2D eigenvalue weighted by atomic mass is 9.95. The quantitative estimate of drug-likeness (QED) is 0.701. The van der Waals surface area contributed by atoms with E-state index in [2.05, 4.69) is 15.9 Å². The van der Waals surface area contributed by atoms with Gasteiger partial charge in [-0.1, -0.05) is 48.0 Å². The van der Waals surface area contributed by atoms with Gasteiger partial charge in [-0.25, -0.2) is 0 Å². The second-order valence-corrected chi connectivity index (χ2v) is 8.59. The van der Waals surface area contributed by atoms with Crippen LogP contribution in [0, 0.1) is 0 Å². The molecule has 2 aliphatic rings. The highest BCUT2D eigenvalue weighted by Gasteiger charge is 2.35. The van der Waals surface area contributed by atoms with Gasteiger partial charge in [0.1, 0.15) is 0 Å². The summed E-state index contributed by atoms with van der Waals surface area (Å²) in [5.74, 6) is 0. The lowest BCUT2D eigenvalue weighted by molar-refractivity contribution is 0.243. The van der Waals surface area contributed by atoms with Crippen LogP contribution in [0.25, 0.3) is 0 Å². The molecule has 118 valence electrons. The van der Waals surface area contributed by atoms with Gasteiger partial charge in [-0.15, -0.1) is 0 Å². The van der Waals surface area contributed by atoms with Crippen LogP contribution in [0.1, 0.15) is 57.8 Å². The van der Waals surface area contributed by atoms with Crippen LogP contribution in [0.2, 0.25) is 0 Å². The van der Waals surface area contributed by atoms with Gasteiger partial charge in [0, 0.05) is 31.0 Å². The Labute approximate surface area is 132 Å². The van der Waals surface area contributed by atoms with Crippen molar-refractivity contribution in [2.45, 2.75) is 63.8 Å². The lowest BCUT2D eigenvalue weighted by Gasteiger charge is -2.36. The molecule has 1 heterocycles. The van der Waals surface area contributed by atoms with Gasteiger partial charge in [-0.05, 0) is 25.7 Å². The summed E-state index contributed by atoms with van der Waals surface area (Å²) in [4.78, 5) is 0. The van der Waals surface area contributed by atoms with E-state index in [1.807, 2.05) is 0 Å². The third-order valence-electron chi connectivity index (χ3n) is 4.47. The maximum atomic E-state index is 13.0. The van der Waals surface area contributed by atoms with Gasteiger partial charge < -0.3 is 0 Å². The molecule has 1 saturated carbocycles. The van der Waals surface area contributed by atoms with Crippen LogP contribution in [0.4, 0.5) is 0 Å². The van der Waals surface area contributed by atoms with Crippen molar-refractivity contribution in [2.75, 3.05) is 25.0 Å². The first-order valence-corrected chi connectivity index (χ1v) is 10.5. The van der Waals surface area contributed by atoms with Gasteiger partial charge in [0.25, 0.3) is 10.2 Å². The van der Waals surface area contributed by atoms with E-state index in [-0.39, 0.29) is 6.04 Å². The summed E-state index contributed by atoms with van der Waals surface area (Å²) in [6.45, 7) is 2.01. The normalized spacial score (nSPS) is 23.9. The molecule has 2 rings (SSSR count). The maximum absolute atomic E-state index is 13.0. The van der Waals surface area contributed by atoms with E-state index in [9.17, 15) is 8.42 Å². The number of hydrogen-bond donors (Lipinski definition) is 0. The van der Waals surface area contributed by atoms with E-state index in [4.69, 9.17) is 0 Å². The van der Waals surface area contributed by atoms with Crippen molar-refractivity contribution < 1.29 is 8.42 Å². The van der Waals surface area contributed by atoms with Gasteiger partial charge in [0.15, 0.2) is 0 Å². The molecule has 0 unspecified atom stereocenters. The van der Waals surface area contributed by atoms with Crippen molar-refractivity contribution in [1.82, 2.24) is 8.61 Å². The van der Waals surface area contributed by atoms with E-state index in [0.717, 1.165) is 43.9 Å². The number of hydrogen-bond acceptors (Lipinski definition) is 2. The minimum Gasteiger partial charge on any atom is -0.195 e. The monoisotopic (exact) mass is 366 g/mol. The SMILES string of the molecule is O=S(=O)(N1CCCCCC1)N(CCBr)C1CCCCC1. The molecule has 0 N–H and O–H groups in total. The third-order valence-corrected chi connectivity index (χ3v) is 6.92. The van der Waals surface area contributed by atoms with Crippen LogP contribution in [0.15, 0.2) is 0 Å². The summed E-state index contributed by atoms with van der Waals surface area (Å²) in [5, 5.41) is 0.719. The Morgan fingerprint density at radius 3 is 2.05 bits per heavy atom. The van der Waals surface area contributed by atoms with Crippen LogP contribution >= 0.6 is 15.9 Å². The van der Waals surface area contributed by atoms with Crippen LogP contribution in [-0.4, -0.2) is 48.0 Å². The molecule has 0 aromatic carbocycles.